The zero-order valence-corrected chi connectivity index (χ0v) is 20.9. The van der Waals surface area contributed by atoms with E-state index >= 15 is 0 Å². The van der Waals surface area contributed by atoms with Gasteiger partial charge in [-0.2, -0.15) is 0 Å². The van der Waals surface area contributed by atoms with E-state index in [9.17, 15) is 9.59 Å². The Morgan fingerprint density at radius 2 is 2.03 bits per heavy atom. The highest BCUT2D eigenvalue weighted by Crippen LogP contribution is 2.44. The average Bonchev–Trinajstić information content (AvgIpc) is 2.90. The first-order chi connectivity index (χ1) is 15.5. The molecule has 33 heavy (non-hydrogen) atoms. The van der Waals surface area contributed by atoms with Crippen LogP contribution in [-0.2, 0) is 31.2 Å². The van der Waals surface area contributed by atoms with Crippen LogP contribution in [0.15, 0.2) is 47.0 Å². The summed E-state index contributed by atoms with van der Waals surface area (Å²) in [5.74, 6) is -3.01. The Morgan fingerprint density at radius 3 is 2.58 bits per heavy atom. The van der Waals surface area contributed by atoms with Gasteiger partial charge in [0.25, 0.3) is 0 Å². The van der Waals surface area contributed by atoms with Gasteiger partial charge in [0, 0.05) is 33.3 Å². The minimum atomic E-state index is -1.27. The largest absolute Gasteiger partial charge is 0.478 e. The van der Waals surface area contributed by atoms with Crippen LogP contribution < -0.4 is 0 Å². The SMILES string of the molecule is C=C/C(Cl)=C(\CC/C(Cl)=C\C(=C)C(=O)O)c1c(Cl)cc2c(c1CC)C(C)(OC)OCOC2=O. The van der Waals surface area contributed by atoms with Gasteiger partial charge in [-0.25, -0.2) is 9.59 Å². The van der Waals surface area contributed by atoms with Crippen LogP contribution in [0.2, 0.25) is 5.02 Å². The zero-order valence-electron chi connectivity index (χ0n) is 18.6. The molecule has 1 unspecified atom stereocenters. The quantitative estimate of drug-likeness (QED) is 0.228. The Kier molecular flexibility index (Phi) is 9.35. The van der Waals surface area contributed by atoms with Crippen LogP contribution in [-0.4, -0.2) is 30.9 Å². The van der Waals surface area contributed by atoms with Crippen molar-refractivity contribution in [2.45, 2.75) is 38.9 Å². The maximum Gasteiger partial charge on any atom is 0.340 e. The molecule has 6 nitrogen and oxygen atoms in total. The zero-order chi connectivity index (χ0) is 24.9. The number of carbonyl (C=O) groups is 2. The number of methoxy groups -OCH3 is 1. The van der Waals surface area contributed by atoms with Gasteiger partial charge in [0.1, 0.15) is 0 Å². The molecule has 0 spiro atoms. The van der Waals surface area contributed by atoms with Crippen LogP contribution in [0.1, 0.15) is 53.7 Å². The van der Waals surface area contributed by atoms with Gasteiger partial charge in [0.05, 0.1) is 11.1 Å². The number of aliphatic carboxylic acids is 1. The van der Waals surface area contributed by atoms with E-state index in [-0.39, 0.29) is 34.4 Å². The third-order valence-electron chi connectivity index (χ3n) is 5.31. The summed E-state index contributed by atoms with van der Waals surface area (Å²) in [5, 5.41) is 9.93. The Morgan fingerprint density at radius 1 is 1.36 bits per heavy atom. The van der Waals surface area contributed by atoms with Crippen LogP contribution in [0.25, 0.3) is 5.57 Å². The van der Waals surface area contributed by atoms with Gasteiger partial charge in [0.2, 0.25) is 0 Å². The van der Waals surface area contributed by atoms with Crippen LogP contribution in [0, 0.1) is 0 Å². The minimum Gasteiger partial charge on any atom is -0.478 e. The standard InChI is InChI=1S/C24H25Cl3O6/c1-6-15-20(16(18(26)7-2)9-8-14(25)10-13(3)22(28)29)19(27)11-17-21(15)24(4,31-5)33-12-32-23(17)30/h7,10-11H,2-3,6,8-9,12H2,1,4-5H3,(H,28,29)/b14-10+,18-16-. The van der Waals surface area contributed by atoms with Crippen molar-refractivity contribution in [2.24, 2.45) is 0 Å². The molecule has 0 fully saturated rings. The highest BCUT2D eigenvalue weighted by molar-refractivity contribution is 6.37. The van der Waals surface area contributed by atoms with Crippen molar-refractivity contribution in [3.63, 3.8) is 0 Å². The summed E-state index contributed by atoms with van der Waals surface area (Å²) in [6.45, 7) is 10.5. The molecule has 1 atom stereocenters. The normalized spacial score (nSPS) is 19.2. The lowest BCUT2D eigenvalue weighted by Crippen LogP contribution is -2.30. The second-order valence-corrected chi connectivity index (χ2v) is 8.58. The third kappa shape index (κ3) is 5.89. The first-order valence-corrected chi connectivity index (χ1v) is 11.2. The number of benzene rings is 1. The summed E-state index contributed by atoms with van der Waals surface area (Å²) >= 11 is 19.5. The van der Waals surface area contributed by atoms with E-state index in [1.165, 1.54) is 25.3 Å². The van der Waals surface area contributed by atoms with Gasteiger partial charge in [0.15, 0.2) is 12.6 Å². The van der Waals surface area contributed by atoms with Crippen molar-refractivity contribution in [3.8, 4) is 0 Å². The van der Waals surface area contributed by atoms with Crippen molar-refractivity contribution >= 4 is 52.3 Å². The topological polar surface area (TPSA) is 82.1 Å². The molecule has 1 aliphatic rings. The number of ether oxygens (including phenoxy) is 3. The molecular formula is C24H25Cl3O6. The van der Waals surface area contributed by atoms with E-state index in [2.05, 4.69) is 13.2 Å². The number of cyclic esters (lactones) is 1. The fraction of sp³-hybridized carbons (Fsp3) is 0.333. The second kappa shape index (κ2) is 11.4. The van der Waals surface area contributed by atoms with E-state index in [1.54, 1.807) is 6.92 Å². The summed E-state index contributed by atoms with van der Waals surface area (Å²) in [6.07, 6.45) is 3.82. The van der Waals surface area contributed by atoms with Gasteiger partial charge in [-0.3, -0.25) is 0 Å². The highest BCUT2D eigenvalue weighted by Gasteiger charge is 2.39. The summed E-state index contributed by atoms with van der Waals surface area (Å²) in [5.41, 5.74) is 2.54. The molecule has 0 radical (unpaired) electrons. The smallest absolute Gasteiger partial charge is 0.340 e. The number of fused-ring (bicyclic) bond motifs is 1. The monoisotopic (exact) mass is 514 g/mol. The van der Waals surface area contributed by atoms with Crippen LogP contribution in [0.4, 0.5) is 0 Å². The molecule has 1 aromatic carbocycles. The summed E-state index contributed by atoms with van der Waals surface area (Å²) in [7, 11) is 1.47. The summed E-state index contributed by atoms with van der Waals surface area (Å²) in [4.78, 5) is 23.7. The Balaban J connectivity index is 2.71. The minimum absolute atomic E-state index is 0.135. The fourth-order valence-electron chi connectivity index (χ4n) is 3.62. The molecule has 0 aliphatic carbocycles. The Labute approximate surface area is 208 Å². The highest BCUT2D eigenvalue weighted by atomic mass is 35.5. The predicted octanol–water partition coefficient (Wildman–Crippen LogP) is 6.55. The molecule has 0 amide bonds. The van der Waals surface area contributed by atoms with E-state index in [0.717, 1.165) is 0 Å². The number of halogens is 3. The molecular weight excluding hydrogens is 491 g/mol. The molecule has 0 saturated heterocycles. The van der Waals surface area contributed by atoms with E-state index < -0.39 is 17.7 Å². The fourth-order valence-corrected chi connectivity index (χ4v) is 4.38. The molecule has 178 valence electrons. The number of hydrogen-bond acceptors (Lipinski definition) is 5. The second-order valence-electron chi connectivity index (χ2n) is 7.28. The van der Waals surface area contributed by atoms with E-state index in [4.69, 9.17) is 54.1 Å². The lowest BCUT2D eigenvalue weighted by molar-refractivity contribution is -0.246. The molecule has 0 bridgehead atoms. The molecule has 0 aromatic heterocycles. The molecule has 0 saturated carbocycles. The number of carboxylic acid groups (broad SMARTS) is 1. The van der Waals surface area contributed by atoms with Crippen molar-refractivity contribution in [1.82, 2.24) is 0 Å². The van der Waals surface area contributed by atoms with Crippen molar-refractivity contribution in [2.75, 3.05) is 13.9 Å². The first kappa shape index (κ1) is 27.2. The van der Waals surface area contributed by atoms with Crippen LogP contribution in [0.5, 0.6) is 0 Å². The maximum atomic E-state index is 12.6. The Hall–Kier alpha value is -2.09. The third-order valence-corrected chi connectivity index (χ3v) is 6.29. The van der Waals surface area contributed by atoms with Gasteiger partial charge < -0.3 is 19.3 Å². The number of esters is 1. The molecule has 1 aliphatic heterocycles. The summed E-state index contributed by atoms with van der Waals surface area (Å²) in [6, 6.07) is 1.51. The molecule has 9 heteroatoms. The number of rotatable bonds is 9. The first-order valence-electron chi connectivity index (χ1n) is 10.0. The van der Waals surface area contributed by atoms with E-state index in [1.807, 2.05) is 6.92 Å². The van der Waals surface area contributed by atoms with Crippen molar-refractivity contribution in [3.05, 3.63) is 74.3 Å². The summed E-state index contributed by atoms with van der Waals surface area (Å²) < 4.78 is 16.5. The number of carboxylic acids is 1. The van der Waals surface area contributed by atoms with Crippen molar-refractivity contribution in [1.29, 1.82) is 0 Å². The number of hydrogen-bond donors (Lipinski definition) is 1. The Bertz CT molecular complexity index is 1060. The maximum absolute atomic E-state index is 12.6. The van der Waals surface area contributed by atoms with Crippen LogP contribution in [0.3, 0.4) is 0 Å². The molecule has 1 N–H and O–H groups in total. The van der Waals surface area contributed by atoms with Crippen molar-refractivity contribution < 1.29 is 28.9 Å². The van der Waals surface area contributed by atoms with Crippen LogP contribution >= 0.6 is 34.8 Å². The van der Waals surface area contributed by atoms with Gasteiger partial charge in [-0.05, 0) is 49.5 Å². The van der Waals surface area contributed by atoms with E-state index in [0.29, 0.717) is 40.1 Å². The molecule has 2 rings (SSSR count). The predicted molar refractivity (Wildman–Crippen MR) is 129 cm³/mol. The van der Waals surface area contributed by atoms with Gasteiger partial charge in [-0.1, -0.05) is 61.0 Å². The van der Waals surface area contributed by atoms with Gasteiger partial charge >= 0.3 is 11.9 Å². The number of carbonyl (C=O) groups excluding carboxylic acids is 1. The molecule has 1 aromatic rings. The average molecular weight is 516 g/mol. The van der Waals surface area contributed by atoms with Gasteiger partial charge in [-0.15, -0.1) is 0 Å². The lowest BCUT2D eigenvalue weighted by atomic mass is 9.85. The molecule has 1 heterocycles. The number of allylic oxidation sites excluding steroid dienone is 4. The lowest BCUT2D eigenvalue weighted by Gasteiger charge is -2.31.